The number of amides is 1. The van der Waals surface area contributed by atoms with Gasteiger partial charge < -0.3 is 10.2 Å². The molecule has 3 aliphatic rings. The first kappa shape index (κ1) is 26.4. The highest BCUT2D eigenvalue weighted by molar-refractivity contribution is 7.91. The highest BCUT2D eigenvalue weighted by Gasteiger charge is 2.47. The van der Waals surface area contributed by atoms with Gasteiger partial charge in [0.25, 0.3) is 0 Å². The van der Waals surface area contributed by atoms with Crippen molar-refractivity contribution >= 4 is 21.4 Å². The number of hydrogen-bond donors (Lipinski definition) is 1. The Balaban J connectivity index is 1.36. The number of carbonyl (C=O) groups is 1. The monoisotopic (exact) mass is 562 g/mol. The average molecular weight is 563 g/mol. The van der Waals surface area contributed by atoms with Crippen LogP contribution in [0.1, 0.15) is 50.1 Å². The Hall–Kier alpha value is -3.78. The molecule has 1 aromatic carbocycles. The van der Waals surface area contributed by atoms with Crippen molar-refractivity contribution in [3.8, 4) is 23.0 Å². The minimum atomic E-state index is -2.98. The molecule has 3 aromatic rings. The maximum absolute atomic E-state index is 14.7. The molecule has 11 heteroatoms. The quantitative estimate of drug-likeness (QED) is 0.486. The maximum Gasteiger partial charge on any atom is 0.225 e. The molecule has 0 radical (unpaired) electrons. The lowest BCUT2D eigenvalue weighted by molar-refractivity contribution is -0.127. The standard InChI is InChI=1S/C29H31FN6O3S/c30-25-6-3-13-32-27(25)36-18-24(20-7-9-21(10-8-20)35-14-16-40(38,39)17-15-35)26(34-36)22-4-1-2-5-23(22)28(37)33-29(19-31)11-12-29/h3,6-10,13,18,22-23H,1-2,4-5,11-12,14-17H2,(H,33,37). The summed E-state index contributed by atoms with van der Waals surface area (Å²) in [5.74, 6) is -0.800. The molecule has 2 aliphatic carbocycles. The highest BCUT2D eigenvalue weighted by atomic mass is 32.2. The number of hydrogen-bond acceptors (Lipinski definition) is 7. The number of aromatic nitrogens is 3. The smallest absolute Gasteiger partial charge is 0.225 e. The van der Waals surface area contributed by atoms with Gasteiger partial charge in [0, 0.05) is 48.6 Å². The fourth-order valence-corrected chi connectivity index (χ4v) is 7.05. The molecule has 2 atom stereocenters. The largest absolute Gasteiger partial charge is 0.369 e. The van der Waals surface area contributed by atoms with Crippen LogP contribution in [0.2, 0.25) is 0 Å². The van der Waals surface area contributed by atoms with E-state index in [1.165, 1.54) is 23.0 Å². The highest BCUT2D eigenvalue weighted by Crippen LogP contribution is 2.43. The van der Waals surface area contributed by atoms with E-state index in [9.17, 15) is 22.9 Å². The third-order valence-electron chi connectivity index (χ3n) is 8.37. The molecule has 2 saturated carbocycles. The molecule has 1 N–H and O–H groups in total. The molecule has 2 aromatic heterocycles. The summed E-state index contributed by atoms with van der Waals surface area (Å²) in [7, 11) is -2.98. The molecule has 1 aliphatic heterocycles. The Morgan fingerprint density at radius 2 is 1.82 bits per heavy atom. The second kappa shape index (κ2) is 10.3. The summed E-state index contributed by atoms with van der Waals surface area (Å²) < 4.78 is 39.9. The first-order chi connectivity index (χ1) is 19.3. The lowest BCUT2D eigenvalue weighted by atomic mass is 9.75. The van der Waals surface area contributed by atoms with Crippen molar-refractivity contribution in [1.82, 2.24) is 20.1 Å². The van der Waals surface area contributed by atoms with Gasteiger partial charge in [0.1, 0.15) is 5.54 Å². The summed E-state index contributed by atoms with van der Waals surface area (Å²) >= 11 is 0. The van der Waals surface area contributed by atoms with Crippen LogP contribution in [-0.2, 0) is 14.6 Å². The number of nitrogens with one attached hydrogen (secondary N) is 1. The summed E-state index contributed by atoms with van der Waals surface area (Å²) in [5, 5.41) is 17.3. The molecule has 1 saturated heterocycles. The van der Waals surface area contributed by atoms with Crippen LogP contribution in [0, 0.1) is 23.1 Å². The van der Waals surface area contributed by atoms with E-state index in [4.69, 9.17) is 5.10 Å². The van der Waals surface area contributed by atoms with E-state index < -0.39 is 21.2 Å². The van der Waals surface area contributed by atoms with Gasteiger partial charge in [0.05, 0.1) is 23.3 Å². The predicted octanol–water partition coefficient (Wildman–Crippen LogP) is 3.75. The van der Waals surface area contributed by atoms with Crippen LogP contribution in [-0.4, -0.2) is 59.2 Å². The van der Waals surface area contributed by atoms with Gasteiger partial charge in [-0.25, -0.2) is 22.5 Å². The van der Waals surface area contributed by atoms with Crippen LogP contribution in [0.3, 0.4) is 0 Å². The molecule has 0 spiro atoms. The fourth-order valence-electron chi connectivity index (χ4n) is 5.85. The molecular formula is C29H31FN6O3S. The summed E-state index contributed by atoms with van der Waals surface area (Å²) in [6, 6.07) is 13.0. The van der Waals surface area contributed by atoms with Crippen LogP contribution >= 0.6 is 0 Å². The Morgan fingerprint density at radius 3 is 2.50 bits per heavy atom. The first-order valence-electron chi connectivity index (χ1n) is 13.8. The van der Waals surface area contributed by atoms with E-state index in [0.29, 0.717) is 38.0 Å². The predicted molar refractivity (Wildman–Crippen MR) is 148 cm³/mol. The number of anilines is 1. The number of sulfone groups is 1. The molecule has 3 heterocycles. The minimum absolute atomic E-state index is 0.0828. The minimum Gasteiger partial charge on any atom is -0.369 e. The van der Waals surface area contributed by atoms with Crippen molar-refractivity contribution in [2.24, 2.45) is 5.92 Å². The van der Waals surface area contributed by atoms with Gasteiger partial charge in [-0.05, 0) is 55.5 Å². The number of carbonyl (C=O) groups excluding carboxylic acids is 1. The Morgan fingerprint density at radius 1 is 1.10 bits per heavy atom. The molecule has 0 bridgehead atoms. The van der Waals surface area contributed by atoms with Crippen molar-refractivity contribution in [2.45, 2.75) is 50.0 Å². The molecule has 40 heavy (non-hydrogen) atoms. The average Bonchev–Trinajstić information content (AvgIpc) is 3.60. The van der Waals surface area contributed by atoms with Gasteiger partial charge in [-0.2, -0.15) is 10.4 Å². The molecule has 9 nitrogen and oxygen atoms in total. The number of nitriles is 1. The van der Waals surface area contributed by atoms with Crippen LogP contribution in [0.5, 0.6) is 0 Å². The van der Waals surface area contributed by atoms with Crippen LogP contribution in [0.25, 0.3) is 16.9 Å². The van der Waals surface area contributed by atoms with Crippen molar-refractivity contribution in [3.63, 3.8) is 0 Å². The fraction of sp³-hybridized carbons (Fsp3) is 0.448. The topological polar surface area (TPSA) is 121 Å². The Labute approximate surface area is 232 Å². The second-order valence-electron chi connectivity index (χ2n) is 11.0. The van der Waals surface area contributed by atoms with E-state index in [-0.39, 0.29) is 35.1 Å². The third kappa shape index (κ3) is 5.20. The second-order valence-corrected chi connectivity index (χ2v) is 13.4. The maximum atomic E-state index is 14.7. The zero-order valence-corrected chi connectivity index (χ0v) is 22.9. The lowest BCUT2D eigenvalue weighted by Gasteiger charge is -2.31. The molecule has 208 valence electrons. The van der Waals surface area contributed by atoms with Gasteiger partial charge in [0.15, 0.2) is 21.5 Å². The van der Waals surface area contributed by atoms with Gasteiger partial charge in [-0.15, -0.1) is 0 Å². The summed E-state index contributed by atoms with van der Waals surface area (Å²) in [5.41, 5.74) is 2.56. The zero-order valence-electron chi connectivity index (χ0n) is 22.1. The molecule has 2 unspecified atom stereocenters. The Bertz CT molecular complexity index is 1560. The Kier molecular flexibility index (Phi) is 6.82. The van der Waals surface area contributed by atoms with Crippen LogP contribution < -0.4 is 10.2 Å². The van der Waals surface area contributed by atoms with Crippen LogP contribution in [0.4, 0.5) is 10.1 Å². The van der Waals surface area contributed by atoms with Gasteiger partial charge >= 0.3 is 0 Å². The molecular weight excluding hydrogens is 531 g/mol. The van der Waals surface area contributed by atoms with E-state index in [0.717, 1.165) is 36.1 Å². The molecule has 6 rings (SSSR count). The van der Waals surface area contributed by atoms with Gasteiger partial charge in [0.2, 0.25) is 5.91 Å². The number of nitrogens with zero attached hydrogens (tertiary/aromatic N) is 5. The van der Waals surface area contributed by atoms with Gasteiger partial charge in [-0.1, -0.05) is 25.0 Å². The van der Waals surface area contributed by atoms with E-state index >= 15 is 0 Å². The summed E-state index contributed by atoms with van der Waals surface area (Å²) in [4.78, 5) is 19.7. The number of halogens is 1. The summed E-state index contributed by atoms with van der Waals surface area (Å²) in [6.07, 6.45) is 7.93. The SMILES string of the molecule is N#CC1(NC(=O)C2CCCCC2c2nn(-c3ncccc3F)cc2-c2ccc(N3CCS(=O)(=O)CC3)cc2)CC1. The van der Waals surface area contributed by atoms with Crippen LogP contribution in [0.15, 0.2) is 48.8 Å². The summed E-state index contributed by atoms with van der Waals surface area (Å²) in [6.45, 7) is 0.903. The van der Waals surface area contributed by atoms with E-state index in [2.05, 4.69) is 21.3 Å². The molecule has 3 fully saturated rings. The normalized spacial score (nSPS) is 23.2. The van der Waals surface area contributed by atoms with Crippen molar-refractivity contribution < 1.29 is 17.6 Å². The van der Waals surface area contributed by atoms with Crippen molar-refractivity contribution in [2.75, 3.05) is 29.5 Å². The number of benzene rings is 1. The van der Waals surface area contributed by atoms with Crippen molar-refractivity contribution in [1.29, 1.82) is 5.26 Å². The lowest BCUT2D eigenvalue weighted by Crippen LogP contribution is -2.42. The third-order valence-corrected chi connectivity index (χ3v) is 9.98. The van der Waals surface area contributed by atoms with Crippen molar-refractivity contribution in [3.05, 3.63) is 60.3 Å². The molecule has 1 amide bonds. The first-order valence-corrected chi connectivity index (χ1v) is 15.6. The number of pyridine rings is 1. The number of rotatable bonds is 6. The van der Waals surface area contributed by atoms with Gasteiger partial charge in [-0.3, -0.25) is 4.79 Å². The van der Waals surface area contributed by atoms with E-state index in [1.807, 2.05) is 24.3 Å². The van der Waals surface area contributed by atoms with E-state index in [1.54, 1.807) is 6.20 Å². The zero-order chi connectivity index (χ0) is 27.9.